The molecule has 206 valence electrons. The van der Waals surface area contributed by atoms with Crippen LogP contribution >= 0.6 is 0 Å². The number of ether oxygens (including phenoxy) is 2. The van der Waals surface area contributed by atoms with Gasteiger partial charge in [0.2, 0.25) is 0 Å². The number of carbonyl (C=O) groups excluding carboxylic acids is 1. The number of nitriles is 1. The summed E-state index contributed by atoms with van der Waals surface area (Å²) in [5.74, 6) is 0.731. The fourth-order valence-corrected chi connectivity index (χ4v) is 5.30. The molecule has 8 nitrogen and oxygen atoms in total. The van der Waals surface area contributed by atoms with E-state index in [1.165, 1.54) is 6.42 Å². The van der Waals surface area contributed by atoms with E-state index in [1.54, 1.807) is 12.5 Å². The molecule has 0 saturated heterocycles. The van der Waals surface area contributed by atoms with Crippen molar-refractivity contribution < 1.29 is 14.3 Å². The quantitative estimate of drug-likeness (QED) is 0.207. The van der Waals surface area contributed by atoms with E-state index in [0.717, 1.165) is 46.3 Å². The van der Waals surface area contributed by atoms with Crippen molar-refractivity contribution in [3.8, 4) is 23.1 Å². The summed E-state index contributed by atoms with van der Waals surface area (Å²) < 4.78 is 15.9. The van der Waals surface area contributed by atoms with Crippen molar-refractivity contribution in [3.05, 3.63) is 103 Å². The number of rotatable bonds is 9. The summed E-state index contributed by atoms with van der Waals surface area (Å²) in [5.41, 5.74) is 5.03. The van der Waals surface area contributed by atoms with Crippen molar-refractivity contribution in [2.24, 2.45) is 0 Å². The Morgan fingerprint density at radius 3 is 2.61 bits per heavy atom. The Labute approximate surface area is 238 Å². The number of nitrogens with one attached hydrogen (secondary N) is 1. The summed E-state index contributed by atoms with van der Waals surface area (Å²) in [5, 5.41) is 14.0. The number of amides is 1. The second kappa shape index (κ2) is 11.6. The van der Waals surface area contributed by atoms with Crippen molar-refractivity contribution in [2.45, 2.75) is 44.9 Å². The molecule has 6 rings (SSSR count). The number of anilines is 1. The molecule has 1 aliphatic carbocycles. The Kier molecular flexibility index (Phi) is 7.42. The van der Waals surface area contributed by atoms with Gasteiger partial charge in [-0.05, 0) is 67.6 Å². The average Bonchev–Trinajstić information content (AvgIpc) is 3.59. The molecule has 0 spiro atoms. The largest absolute Gasteiger partial charge is 0.492 e. The summed E-state index contributed by atoms with van der Waals surface area (Å²) in [7, 11) is 0. The third kappa shape index (κ3) is 5.52. The third-order valence-corrected chi connectivity index (χ3v) is 7.66. The van der Waals surface area contributed by atoms with E-state index in [9.17, 15) is 10.1 Å². The highest BCUT2D eigenvalue weighted by Crippen LogP contribution is 2.43. The zero-order chi connectivity index (χ0) is 28.2. The summed E-state index contributed by atoms with van der Waals surface area (Å²) in [4.78, 5) is 16.6. The van der Waals surface area contributed by atoms with Gasteiger partial charge in [0.25, 0.3) is 0 Å². The number of hydrogen-bond donors (Lipinski definition) is 1. The molecule has 0 aliphatic heterocycles. The molecule has 1 saturated carbocycles. The normalized spacial score (nSPS) is 13.8. The molecule has 2 heterocycles. The van der Waals surface area contributed by atoms with Gasteiger partial charge in [0.1, 0.15) is 24.5 Å². The van der Waals surface area contributed by atoms with E-state index in [2.05, 4.69) is 27.0 Å². The van der Waals surface area contributed by atoms with Gasteiger partial charge >= 0.3 is 6.09 Å². The van der Waals surface area contributed by atoms with Gasteiger partial charge in [-0.2, -0.15) is 5.26 Å². The van der Waals surface area contributed by atoms with Gasteiger partial charge in [-0.15, -0.1) is 0 Å². The minimum Gasteiger partial charge on any atom is -0.492 e. The van der Waals surface area contributed by atoms with Crippen LogP contribution in [0.3, 0.4) is 0 Å². The minimum atomic E-state index is -0.518. The molecule has 0 bridgehead atoms. The maximum absolute atomic E-state index is 12.5. The van der Waals surface area contributed by atoms with E-state index >= 15 is 0 Å². The topological polar surface area (TPSA) is 94.1 Å². The van der Waals surface area contributed by atoms with Crippen LogP contribution in [-0.2, 0) is 11.3 Å². The number of imidazole rings is 1. The van der Waals surface area contributed by atoms with Crippen LogP contribution in [0.25, 0.3) is 22.2 Å². The summed E-state index contributed by atoms with van der Waals surface area (Å²) in [6.45, 7) is 3.04. The number of hydrogen-bond acceptors (Lipinski definition) is 5. The fourth-order valence-electron chi connectivity index (χ4n) is 5.30. The van der Waals surface area contributed by atoms with E-state index < -0.39 is 6.09 Å². The maximum Gasteiger partial charge on any atom is 0.412 e. The average molecular weight is 546 g/mol. The van der Waals surface area contributed by atoms with Crippen LogP contribution < -0.4 is 10.1 Å². The van der Waals surface area contributed by atoms with Crippen LogP contribution in [-0.4, -0.2) is 26.8 Å². The molecule has 1 amide bonds. The van der Waals surface area contributed by atoms with E-state index in [0.29, 0.717) is 30.4 Å². The first-order valence-corrected chi connectivity index (χ1v) is 13.9. The molecule has 1 atom stereocenters. The predicted octanol–water partition coefficient (Wildman–Crippen LogP) is 7.49. The van der Waals surface area contributed by atoms with Gasteiger partial charge in [0, 0.05) is 29.5 Å². The number of fused-ring (bicyclic) bond motifs is 1. The van der Waals surface area contributed by atoms with Crippen LogP contribution in [0.4, 0.5) is 10.5 Å². The second-order valence-electron chi connectivity index (χ2n) is 10.3. The second-order valence-corrected chi connectivity index (χ2v) is 10.3. The molecule has 1 aliphatic rings. The third-order valence-electron chi connectivity index (χ3n) is 7.66. The molecule has 2 aromatic heterocycles. The fraction of sp³-hybridized carbons (Fsp3) is 0.242. The van der Waals surface area contributed by atoms with Crippen LogP contribution in [0.15, 0.2) is 91.5 Å². The van der Waals surface area contributed by atoms with Gasteiger partial charge in [-0.25, -0.2) is 9.78 Å². The summed E-state index contributed by atoms with van der Waals surface area (Å²) in [6.07, 6.45) is 7.86. The van der Waals surface area contributed by atoms with E-state index in [-0.39, 0.29) is 6.10 Å². The Balaban J connectivity index is 1.24. The molecule has 41 heavy (non-hydrogen) atoms. The Morgan fingerprint density at radius 2 is 1.93 bits per heavy atom. The lowest BCUT2D eigenvalue weighted by atomic mass is 9.92. The van der Waals surface area contributed by atoms with Crippen LogP contribution in [0.1, 0.15) is 49.5 Å². The van der Waals surface area contributed by atoms with E-state index in [1.807, 2.05) is 84.4 Å². The zero-order valence-electron chi connectivity index (χ0n) is 22.9. The molecule has 1 N–H and O–H groups in total. The highest BCUT2D eigenvalue weighted by Gasteiger charge is 2.28. The monoisotopic (exact) mass is 545 g/mol. The standard InChI is InChI=1S/C33H31N5O3/c1-23(24-6-3-2-4-7-24)41-33(39)36-26-12-10-25(11-13-26)32-30(21-34)29-20-28(40-19-18-37-17-16-35-22-37)14-15-31(29)38(32)27-8-5-9-27/h2-4,6-7,10-17,20,22-23,27H,5,8-9,18-19H2,1H3,(H,36,39)/t23-/m1/s1. The van der Waals surface area contributed by atoms with Gasteiger partial charge in [0.05, 0.1) is 29.6 Å². The zero-order valence-corrected chi connectivity index (χ0v) is 22.9. The minimum absolute atomic E-state index is 0.342. The number of aromatic nitrogens is 3. The highest BCUT2D eigenvalue weighted by molar-refractivity contribution is 5.96. The van der Waals surface area contributed by atoms with Crippen LogP contribution in [0.2, 0.25) is 0 Å². The summed E-state index contributed by atoms with van der Waals surface area (Å²) in [6, 6.07) is 26.0. The Bertz CT molecular complexity index is 1680. The lowest BCUT2D eigenvalue weighted by Gasteiger charge is -2.30. The van der Waals surface area contributed by atoms with E-state index in [4.69, 9.17) is 9.47 Å². The molecule has 0 radical (unpaired) electrons. The Morgan fingerprint density at radius 1 is 1.12 bits per heavy atom. The Hall–Kier alpha value is -5.03. The molecular weight excluding hydrogens is 514 g/mol. The predicted molar refractivity (Wildman–Crippen MR) is 158 cm³/mol. The number of carbonyl (C=O) groups is 1. The molecular formula is C33H31N5O3. The lowest BCUT2D eigenvalue weighted by Crippen LogP contribution is -2.18. The van der Waals surface area contributed by atoms with Gasteiger partial charge in [-0.3, -0.25) is 5.32 Å². The van der Waals surface area contributed by atoms with Crippen molar-refractivity contribution >= 4 is 22.7 Å². The SMILES string of the molecule is C[C@@H](OC(=O)Nc1ccc(-c2c(C#N)c3cc(OCCn4ccnc4)ccc3n2C2CCC2)cc1)c1ccccc1. The van der Waals surface area contributed by atoms with Crippen LogP contribution in [0, 0.1) is 11.3 Å². The number of nitrogens with zero attached hydrogens (tertiary/aromatic N) is 4. The van der Waals surface area contributed by atoms with Crippen molar-refractivity contribution in [2.75, 3.05) is 11.9 Å². The molecule has 5 aromatic rings. The molecule has 8 heteroatoms. The number of benzene rings is 3. The van der Waals surface area contributed by atoms with Gasteiger partial charge in [0.15, 0.2) is 0 Å². The first kappa shape index (κ1) is 26.2. The first-order valence-electron chi connectivity index (χ1n) is 13.9. The van der Waals surface area contributed by atoms with Crippen LogP contribution in [0.5, 0.6) is 5.75 Å². The van der Waals surface area contributed by atoms with Gasteiger partial charge < -0.3 is 18.6 Å². The van der Waals surface area contributed by atoms with Crippen molar-refractivity contribution in [1.82, 2.24) is 14.1 Å². The highest BCUT2D eigenvalue weighted by atomic mass is 16.6. The summed E-state index contributed by atoms with van der Waals surface area (Å²) >= 11 is 0. The first-order chi connectivity index (χ1) is 20.1. The smallest absolute Gasteiger partial charge is 0.412 e. The molecule has 1 fully saturated rings. The molecule has 3 aromatic carbocycles. The molecule has 0 unspecified atom stereocenters. The van der Waals surface area contributed by atoms with Crippen molar-refractivity contribution in [3.63, 3.8) is 0 Å². The van der Waals surface area contributed by atoms with Gasteiger partial charge in [-0.1, -0.05) is 42.5 Å². The maximum atomic E-state index is 12.5. The van der Waals surface area contributed by atoms with Crippen molar-refractivity contribution in [1.29, 1.82) is 5.26 Å². The lowest BCUT2D eigenvalue weighted by molar-refractivity contribution is 0.121.